The Morgan fingerprint density at radius 1 is 1.36 bits per heavy atom. The van der Waals surface area contributed by atoms with Gasteiger partial charge in [-0.1, -0.05) is 19.0 Å². The highest BCUT2D eigenvalue weighted by Gasteiger charge is 2.33. The van der Waals surface area contributed by atoms with Gasteiger partial charge in [-0.05, 0) is 24.8 Å². The van der Waals surface area contributed by atoms with Crippen molar-refractivity contribution in [1.82, 2.24) is 0 Å². The molecule has 0 saturated carbocycles. The van der Waals surface area contributed by atoms with E-state index < -0.39 is 5.60 Å². The van der Waals surface area contributed by atoms with Crippen LogP contribution in [0, 0.1) is 5.41 Å². The molecule has 1 N–H and O–H groups in total. The normalized spacial score (nSPS) is 12.5. The molecule has 0 amide bonds. The maximum absolute atomic E-state index is 9.59. The van der Waals surface area contributed by atoms with Crippen LogP contribution in [0.25, 0.3) is 10.4 Å². The fourth-order valence-electron chi connectivity index (χ4n) is 0.402. The van der Waals surface area contributed by atoms with Crippen LogP contribution in [0.4, 0.5) is 0 Å². The SMILES string of the molecule is CC(C)(O)C(C)(C)CN=[N+]=[N-]. The summed E-state index contributed by atoms with van der Waals surface area (Å²) in [5.41, 5.74) is 6.88. The van der Waals surface area contributed by atoms with Gasteiger partial charge in [-0.2, -0.15) is 0 Å². The second-order valence-electron chi connectivity index (χ2n) is 3.83. The van der Waals surface area contributed by atoms with Crippen LogP contribution in [-0.4, -0.2) is 17.3 Å². The third-order valence-corrected chi connectivity index (χ3v) is 2.19. The summed E-state index contributed by atoms with van der Waals surface area (Å²) in [5, 5.41) is 13.0. The lowest BCUT2D eigenvalue weighted by atomic mass is 9.77. The van der Waals surface area contributed by atoms with E-state index in [1.807, 2.05) is 13.8 Å². The molecule has 0 heterocycles. The smallest absolute Gasteiger partial charge is 0.0643 e. The van der Waals surface area contributed by atoms with Crippen molar-refractivity contribution < 1.29 is 5.11 Å². The van der Waals surface area contributed by atoms with E-state index in [0.717, 1.165) is 0 Å². The summed E-state index contributed by atoms with van der Waals surface area (Å²) in [7, 11) is 0. The molecule has 0 fully saturated rings. The fraction of sp³-hybridized carbons (Fsp3) is 1.00. The molecule has 0 saturated heterocycles. The third kappa shape index (κ3) is 2.78. The zero-order chi connectivity index (χ0) is 9.12. The van der Waals surface area contributed by atoms with Gasteiger partial charge < -0.3 is 5.11 Å². The van der Waals surface area contributed by atoms with Crippen LogP contribution in [-0.2, 0) is 0 Å². The molecule has 0 aliphatic carbocycles. The van der Waals surface area contributed by atoms with E-state index >= 15 is 0 Å². The zero-order valence-corrected chi connectivity index (χ0v) is 7.50. The maximum Gasteiger partial charge on any atom is 0.0643 e. The van der Waals surface area contributed by atoms with Crippen molar-refractivity contribution in [1.29, 1.82) is 0 Å². The van der Waals surface area contributed by atoms with E-state index in [4.69, 9.17) is 5.53 Å². The standard InChI is InChI=1S/C7H15N3O/c1-6(2,5-9-10-8)7(3,4)11/h11H,5H2,1-4H3. The Hall–Kier alpha value is -0.730. The van der Waals surface area contributed by atoms with Crippen molar-refractivity contribution in [2.45, 2.75) is 33.3 Å². The van der Waals surface area contributed by atoms with Crippen molar-refractivity contribution in [2.75, 3.05) is 6.54 Å². The molecule has 0 unspecified atom stereocenters. The molecular formula is C7H15N3O. The largest absolute Gasteiger partial charge is 0.390 e. The molecule has 0 aromatic rings. The van der Waals surface area contributed by atoms with Gasteiger partial charge >= 0.3 is 0 Å². The van der Waals surface area contributed by atoms with Gasteiger partial charge in [0.15, 0.2) is 0 Å². The van der Waals surface area contributed by atoms with Gasteiger partial charge in [0.25, 0.3) is 0 Å². The predicted molar refractivity (Wildman–Crippen MR) is 44.1 cm³/mol. The monoisotopic (exact) mass is 157 g/mol. The molecule has 0 atom stereocenters. The Labute approximate surface area is 66.9 Å². The third-order valence-electron chi connectivity index (χ3n) is 2.19. The summed E-state index contributed by atoms with van der Waals surface area (Å²) in [6.07, 6.45) is 0. The summed E-state index contributed by atoms with van der Waals surface area (Å²) in [4.78, 5) is 2.65. The lowest BCUT2D eigenvalue weighted by Gasteiger charge is -2.35. The molecule has 0 aliphatic rings. The van der Waals surface area contributed by atoms with Gasteiger partial charge in [0, 0.05) is 11.5 Å². The lowest BCUT2D eigenvalue weighted by Crippen LogP contribution is -2.40. The number of hydrogen-bond acceptors (Lipinski definition) is 2. The van der Waals surface area contributed by atoms with Crippen LogP contribution >= 0.6 is 0 Å². The molecular weight excluding hydrogens is 142 g/mol. The van der Waals surface area contributed by atoms with Gasteiger partial charge in [-0.15, -0.1) is 0 Å². The van der Waals surface area contributed by atoms with Crippen LogP contribution < -0.4 is 0 Å². The molecule has 0 aliphatic heterocycles. The number of nitrogens with zero attached hydrogens (tertiary/aromatic N) is 3. The first-order chi connectivity index (χ1) is 4.81. The van der Waals surface area contributed by atoms with Crippen LogP contribution in [0.5, 0.6) is 0 Å². The average molecular weight is 157 g/mol. The fourth-order valence-corrected chi connectivity index (χ4v) is 0.402. The van der Waals surface area contributed by atoms with Gasteiger partial charge in [-0.25, -0.2) is 0 Å². The van der Waals surface area contributed by atoms with Crippen LogP contribution in [0.1, 0.15) is 27.7 Å². The number of azide groups is 1. The second-order valence-corrected chi connectivity index (χ2v) is 3.83. The summed E-state index contributed by atoms with van der Waals surface area (Å²) >= 11 is 0. The van der Waals surface area contributed by atoms with E-state index in [2.05, 4.69) is 10.0 Å². The Kier molecular flexibility index (Phi) is 2.91. The first-order valence-electron chi connectivity index (χ1n) is 3.54. The van der Waals surface area contributed by atoms with Crippen molar-refractivity contribution in [2.24, 2.45) is 10.5 Å². The van der Waals surface area contributed by atoms with Crippen molar-refractivity contribution in [3.8, 4) is 0 Å². The van der Waals surface area contributed by atoms with Crippen molar-refractivity contribution >= 4 is 0 Å². The molecule has 0 aromatic carbocycles. The van der Waals surface area contributed by atoms with Gasteiger partial charge in [0.1, 0.15) is 0 Å². The second kappa shape index (κ2) is 3.11. The molecule has 0 bridgehead atoms. The minimum Gasteiger partial charge on any atom is -0.390 e. The molecule has 64 valence electrons. The van der Waals surface area contributed by atoms with Crippen LogP contribution in [0.15, 0.2) is 5.11 Å². The molecule has 4 heteroatoms. The summed E-state index contributed by atoms with van der Waals surface area (Å²) in [5.74, 6) is 0. The van der Waals surface area contributed by atoms with E-state index in [1.54, 1.807) is 13.8 Å². The molecule has 0 spiro atoms. The molecule has 0 rings (SSSR count). The molecule has 0 aromatic heterocycles. The highest BCUT2D eigenvalue weighted by Crippen LogP contribution is 2.30. The van der Waals surface area contributed by atoms with Gasteiger partial charge in [0.2, 0.25) is 0 Å². The first kappa shape index (κ1) is 10.3. The minimum atomic E-state index is -0.818. The van der Waals surface area contributed by atoms with E-state index in [0.29, 0.717) is 6.54 Å². The number of rotatable bonds is 3. The van der Waals surface area contributed by atoms with E-state index in [1.165, 1.54) is 0 Å². The van der Waals surface area contributed by atoms with Gasteiger partial charge in [0.05, 0.1) is 5.60 Å². The topological polar surface area (TPSA) is 69.0 Å². The molecule has 11 heavy (non-hydrogen) atoms. The summed E-state index contributed by atoms with van der Waals surface area (Å²) in [6.45, 7) is 7.45. The van der Waals surface area contributed by atoms with Crippen LogP contribution in [0.3, 0.4) is 0 Å². The van der Waals surface area contributed by atoms with E-state index in [-0.39, 0.29) is 5.41 Å². The van der Waals surface area contributed by atoms with Gasteiger partial charge in [-0.3, -0.25) is 0 Å². The Morgan fingerprint density at radius 2 is 1.82 bits per heavy atom. The van der Waals surface area contributed by atoms with Crippen LogP contribution in [0.2, 0.25) is 0 Å². The predicted octanol–water partition coefficient (Wildman–Crippen LogP) is 2.09. The van der Waals surface area contributed by atoms with Crippen molar-refractivity contribution in [3.05, 3.63) is 10.4 Å². The highest BCUT2D eigenvalue weighted by molar-refractivity contribution is 4.87. The Morgan fingerprint density at radius 3 is 2.09 bits per heavy atom. The summed E-state index contributed by atoms with van der Waals surface area (Å²) in [6, 6.07) is 0. The summed E-state index contributed by atoms with van der Waals surface area (Å²) < 4.78 is 0. The zero-order valence-electron chi connectivity index (χ0n) is 7.50. The average Bonchev–Trinajstić information content (AvgIpc) is 1.81. The Balaban J connectivity index is 4.33. The first-order valence-corrected chi connectivity index (χ1v) is 3.54. The van der Waals surface area contributed by atoms with Crippen molar-refractivity contribution in [3.63, 3.8) is 0 Å². The quantitative estimate of drug-likeness (QED) is 0.380. The molecule has 0 radical (unpaired) electrons. The van der Waals surface area contributed by atoms with E-state index in [9.17, 15) is 5.11 Å². The highest BCUT2D eigenvalue weighted by atomic mass is 16.3. The Bertz CT molecular complexity index is 175. The minimum absolute atomic E-state index is 0.312. The molecule has 4 nitrogen and oxygen atoms in total. The lowest BCUT2D eigenvalue weighted by molar-refractivity contribution is -0.0292. The number of aliphatic hydroxyl groups is 1. The maximum atomic E-state index is 9.59. The number of hydrogen-bond donors (Lipinski definition) is 1.